The van der Waals surface area contributed by atoms with Crippen LogP contribution in [0.15, 0.2) is 66.2 Å². The molecule has 184 valence electrons. The SMILES string of the molecule is CCOc1cc(/C=C2\C(=O)NC(=O)N(c3ccc(Cl)c(Cl)c3)C2=O)ccc1OCc1cccc(F)c1. The van der Waals surface area contributed by atoms with Crippen molar-refractivity contribution in [1.29, 1.82) is 0 Å². The number of amides is 4. The maximum Gasteiger partial charge on any atom is 0.335 e. The number of benzene rings is 3. The number of ether oxygens (including phenoxy) is 2. The van der Waals surface area contributed by atoms with Gasteiger partial charge >= 0.3 is 6.03 Å². The number of carbonyl (C=O) groups is 3. The maximum atomic E-state index is 13.4. The minimum Gasteiger partial charge on any atom is -0.490 e. The van der Waals surface area contributed by atoms with E-state index in [0.29, 0.717) is 29.2 Å². The second-order valence-electron chi connectivity index (χ2n) is 7.61. The number of halogens is 3. The summed E-state index contributed by atoms with van der Waals surface area (Å²) < 4.78 is 24.9. The summed E-state index contributed by atoms with van der Waals surface area (Å²) in [5.74, 6) is -1.27. The minimum absolute atomic E-state index is 0.111. The number of nitrogens with zero attached hydrogens (tertiary/aromatic N) is 1. The number of hydrogen-bond donors (Lipinski definition) is 1. The predicted octanol–water partition coefficient (Wildman–Crippen LogP) is 5.78. The van der Waals surface area contributed by atoms with Gasteiger partial charge in [-0.25, -0.2) is 14.1 Å². The molecule has 0 bridgehead atoms. The van der Waals surface area contributed by atoms with Crippen LogP contribution in [-0.4, -0.2) is 24.5 Å². The van der Waals surface area contributed by atoms with Crippen molar-refractivity contribution < 1.29 is 28.2 Å². The lowest BCUT2D eigenvalue weighted by atomic mass is 10.1. The van der Waals surface area contributed by atoms with E-state index in [9.17, 15) is 18.8 Å². The van der Waals surface area contributed by atoms with Gasteiger partial charge in [0.25, 0.3) is 11.8 Å². The first-order valence-corrected chi connectivity index (χ1v) is 11.5. The topological polar surface area (TPSA) is 84.9 Å². The van der Waals surface area contributed by atoms with E-state index >= 15 is 0 Å². The Kier molecular flexibility index (Phi) is 7.57. The molecule has 36 heavy (non-hydrogen) atoms. The van der Waals surface area contributed by atoms with E-state index < -0.39 is 17.8 Å². The van der Waals surface area contributed by atoms with Crippen LogP contribution in [0, 0.1) is 5.82 Å². The first-order valence-electron chi connectivity index (χ1n) is 10.8. The zero-order valence-electron chi connectivity index (χ0n) is 18.9. The number of rotatable bonds is 7. The number of carbonyl (C=O) groups excluding carboxylic acids is 3. The van der Waals surface area contributed by atoms with Gasteiger partial charge < -0.3 is 9.47 Å². The van der Waals surface area contributed by atoms with Crippen LogP contribution in [-0.2, 0) is 16.2 Å². The monoisotopic (exact) mass is 528 g/mol. The van der Waals surface area contributed by atoms with Gasteiger partial charge in [0.1, 0.15) is 18.0 Å². The Hall–Kier alpha value is -3.88. The molecule has 4 amide bonds. The fourth-order valence-electron chi connectivity index (χ4n) is 3.47. The second kappa shape index (κ2) is 10.8. The quantitative estimate of drug-likeness (QED) is 0.310. The molecular formula is C26H19Cl2FN2O5. The van der Waals surface area contributed by atoms with E-state index in [1.165, 1.54) is 36.4 Å². The second-order valence-corrected chi connectivity index (χ2v) is 8.43. The average Bonchev–Trinajstić information content (AvgIpc) is 2.83. The van der Waals surface area contributed by atoms with E-state index in [1.54, 1.807) is 37.3 Å². The number of anilines is 1. The normalized spacial score (nSPS) is 14.7. The summed E-state index contributed by atoms with van der Waals surface area (Å²) in [6, 6.07) is 14.2. The molecular weight excluding hydrogens is 510 g/mol. The van der Waals surface area contributed by atoms with Crippen molar-refractivity contribution in [3.63, 3.8) is 0 Å². The van der Waals surface area contributed by atoms with E-state index in [-0.39, 0.29) is 33.7 Å². The molecule has 1 aliphatic heterocycles. The Morgan fingerprint density at radius 3 is 2.47 bits per heavy atom. The minimum atomic E-state index is -0.906. The molecule has 3 aromatic rings. The molecule has 0 spiro atoms. The largest absolute Gasteiger partial charge is 0.490 e. The predicted molar refractivity (Wildman–Crippen MR) is 134 cm³/mol. The van der Waals surface area contributed by atoms with Crippen LogP contribution in [0.25, 0.3) is 6.08 Å². The fourth-order valence-corrected chi connectivity index (χ4v) is 3.76. The van der Waals surface area contributed by atoms with Crippen LogP contribution in [0.1, 0.15) is 18.1 Å². The van der Waals surface area contributed by atoms with Gasteiger partial charge in [0, 0.05) is 0 Å². The fraction of sp³-hybridized carbons (Fsp3) is 0.115. The molecule has 3 aromatic carbocycles. The number of barbiturate groups is 1. The molecule has 10 heteroatoms. The highest BCUT2D eigenvalue weighted by Crippen LogP contribution is 2.32. The highest BCUT2D eigenvalue weighted by Gasteiger charge is 2.37. The Morgan fingerprint density at radius 2 is 1.75 bits per heavy atom. The summed E-state index contributed by atoms with van der Waals surface area (Å²) in [5.41, 5.74) is 0.983. The van der Waals surface area contributed by atoms with Gasteiger partial charge in [-0.1, -0.05) is 41.4 Å². The molecule has 1 N–H and O–H groups in total. The summed E-state index contributed by atoms with van der Waals surface area (Å²) in [5, 5.41) is 2.55. The van der Waals surface area contributed by atoms with Gasteiger partial charge in [-0.05, 0) is 66.6 Å². The Balaban J connectivity index is 1.62. The summed E-state index contributed by atoms with van der Waals surface area (Å²) in [6.45, 7) is 2.23. The molecule has 0 aliphatic carbocycles. The Morgan fingerprint density at radius 1 is 0.944 bits per heavy atom. The van der Waals surface area contributed by atoms with Crippen molar-refractivity contribution >= 4 is 52.8 Å². The molecule has 7 nitrogen and oxygen atoms in total. The zero-order valence-corrected chi connectivity index (χ0v) is 20.4. The number of imide groups is 2. The van der Waals surface area contributed by atoms with Crippen molar-refractivity contribution in [2.45, 2.75) is 13.5 Å². The molecule has 4 rings (SSSR count). The van der Waals surface area contributed by atoms with Gasteiger partial charge in [-0.15, -0.1) is 0 Å². The van der Waals surface area contributed by atoms with Crippen molar-refractivity contribution in [1.82, 2.24) is 5.32 Å². The highest BCUT2D eigenvalue weighted by molar-refractivity contribution is 6.43. The van der Waals surface area contributed by atoms with Gasteiger partial charge in [-0.3, -0.25) is 14.9 Å². The third-order valence-electron chi connectivity index (χ3n) is 5.13. The number of nitrogens with one attached hydrogen (secondary N) is 1. The lowest BCUT2D eigenvalue weighted by Gasteiger charge is -2.26. The smallest absolute Gasteiger partial charge is 0.335 e. The molecule has 0 radical (unpaired) electrons. The van der Waals surface area contributed by atoms with Crippen LogP contribution in [0.3, 0.4) is 0 Å². The van der Waals surface area contributed by atoms with Crippen LogP contribution in [0.5, 0.6) is 11.5 Å². The Labute approximate surface area is 216 Å². The highest BCUT2D eigenvalue weighted by atomic mass is 35.5. The number of urea groups is 1. The molecule has 1 heterocycles. The Bertz CT molecular complexity index is 1390. The lowest BCUT2D eigenvalue weighted by molar-refractivity contribution is -0.122. The molecule has 0 atom stereocenters. The first-order chi connectivity index (χ1) is 17.3. The van der Waals surface area contributed by atoms with E-state index in [4.69, 9.17) is 32.7 Å². The van der Waals surface area contributed by atoms with E-state index in [2.05, 4.69) is 5.32 Å². The lowest BCUT2D eigenvalue weighted by Crippen LogP contribution is -2.54. The molecule has 0 aromatic heterocycles. The van der Waals surface area contributed by atoms with Gasteiger partial charge in [0.15, 0.2) is 11.5 Å². The van der Waals surface area contributed by atoms with Crippen molar-refractivity contribution in [2.75, 3.05) is 11.5 Å². The maximum absolute atomic E-state index is 13.4. The standard InChI is InChI=1S/C26H19Cl2FN2O5/c1-2-35-23-12-15(6-9-22(23)36-14-16-4-3-5-17(29)10-16)11-19-24(32)30-26(34)31(25(19)33)18-7-8-20(27)21(28)13-18/h3-13H,2,14H2,1H3,(H,30,32,34)/b19-11+. The van der Waals surface area contributed by atoms with E-state index in [0.717, 1.165) is 4.90 Å². The summed E-state index contributed by atoms with van der Waals surface area (Å²) >= 11 is 12.0. The molecule has 1 saturated heterocycles. The van der Waals surface area contributed by atoms with Crippen molar-refractivity contribution in [2.24, 2.45) is 0 Å². The summed E-state index contributed by atoms with van der Waals surface area (Å²) in [7, 11) is 0. The molecule has 0 saturated carbocycles. The molecule has 0 unspecified atom stereocenters. The van der Waals surface area contributed by atoms with Crippen molar-refractivity contribution in [3.8, 4) is 11.5 Å². The number of hydrogen-bond acceptors (Lipinski definition) is 5. The van der Waals surface area contributed by atoms with Crippen LogP contribution in [0.2, 0.25) is 10.0 Å². The third kappa shape index (κ3) is 5.50. The molecule has 1 fully saturated rings. The van der Waals surface area contributed by atoms with Gasteiger partial charge in [0.05, 0.1) is 22.3 Å². The van der Waals surface area contributed by atoms with Crippen molar-refractivity contribution in [3.05, 3.63) is 93.2 Å². The van der Waals surface area contributed by atoms with Gasteiger partial charge in [0.2, 0.25) is 0 Å². The summed E-state index contributed by atoms with van der Waals surface area (Å²) in [4.78, 5) is 38.8. The molecule has 1 aliphatic rings. The summed E-state index contributed by atoms with van der Waals surface area (Å²) in [6.07, 6.45) is 1.34. The van der Waals surface area contributed by atoms with Crippen LogP contribution in [0.4, 0.5) is 14.9 Å². The average molecular weight is 529 g/mol. The van der Waals surface area contributed by atoms with Crippen LogP contribution >= 0.6 is 23.2 Å². The first kappa shape index (κ1) is 25.2. The van der Waals surface area contributed by atoms with E-state index in [1.807, 2.05) is 0 Å². The van der Waals surface area contributed by atoms with Crippen LogP contribution < -0.4 is 19.7 Å². The van der Waals surface area contributed by atoms with Gasteiger partial charge in [-0.2, -0.15) is 0 Å². The third-order valence-corrected chi connectivity index (χ3v) is 5.86. The zero-order chi connectivity index (χ0) is 25.8.